The fourth-order valence-corrected chi connectivity index (χ4v) is 3.57. The molecule has 182 valence electrons. The number of hydrogen-bond donors (Lipinski definition) is 0. The molecular weight excluding hydrogens is 472 g/mol. The van der Waals surface area contributed by atoms with Crippen molar-refractivity contribution in [2.45, 2.75) is 0 Å². The van der Waals surface area contributed by atoms with Crippen LogP contribution in [0.1, 0.15) is 0 Å². The maximum absolute atomic E-state index is 12.6. The van der Waals surface area contributed by atoms with Crippen LogP contribution < -0.4 is 30.2 Å². The Kier molecular flexibility index (Phi) is 5.68. The molecule has 0 amide bonds. The summed E-state index contributed by atoms with van der Waals surface area (Å²) < 4.78 is 31.7. The Morgan fingerprint density at radius 1 is 0.583 bits per heavy atom. The van der Waals surface area contributed by atoms with Crippen molar-refractivity contribution in [2.24, 2.45) is 0 Å². The van der Waals surface area contributed by atoms with Gasteiger partial charge >= 0.3 is 11.3 Å². The molecule has 0 radical (unpaired) electrons. The van der Waals surface area contributed by atoms with Gasteiger partial charge in [0, 0.05) is 24.3 Å². The first-order chi connectivity index (χ1) is 17.4. The van der Waals surface area contributed by atoms with E-state index in [1.807, 2.05) is 0 Å². The molecule has 0 aliphatic heterocycles. The molecule has 0 saturated heterocycles. The average molecular weight is 490 g/mol. The van der Waals surface area contributed by atoms with Gasteiger partial charge in [0.1, 0.15) is 11.4 Å². The molecule has 3 heterocycles. The van der Waals surface area contributed by atoms with Gasteiger partial charge in [-0.1, -0.05) is 0 Å². The van der Waals surface area contributed by atoms with Gasteiger partial charge in [-0.3, -0.25) is 0 Å². The van der Waals surface area contributed by atoms with E-state index in [1.54, 1.807) is 12.1 Å². The molecule has 0 aliphatic carbocycles. The van der Waals surface area contributed by atoms with Crippen LogP contribution in [0.4, 0.5) is 0 Å². The molecule has 12 nitrogen and oxygen atoms in total. The van der Waals surface area contributed by atoms with Crippen LogP contribution in [0, 0.1) is 0 Å². The predicted octanol–water partition coefficient (Wildman–Crippen LogP) is 2.85. The van der Waals surface area contributed by atoms with Crippen LogP contribution in [0.5, 0.6) is 23.0 Å². The van der Waals surface area contributed by atoms with Crippen LogP contribution in [0.15, 0.2) is 55.1 Å². The normalized spacial score (nSPS) is 11.0. The molecule has 36 heavy (non-hydrogen) atoms. The van der Waals surface area contributed by atoms with E-state index in [1.165, 1.54) is 53.0 Å². The standard InChI is InChI=1S/C24H18N4O8/c1-31-17-5-11-13(7-19(17)33-3)27-21(35-23(11)29)15-9-26-16(10-25-15)22-28-14-8-20(34-4)18(32-2)6-12(14)24(30)36-22/h5-10H,1-4H3. The van der Waals surface area contributed by atoms with Gasteiger partial charge in [0.05, 0.1) is 62.6 Å². The van der Waals surface area contributed by atoms with Crippen molar-refractivity contribution >= 4 is 21.8 Å². The van der Waals surface area contributed by atoms with Gasteiger partial charge in [-0.2, -0.15) is 0 Å². The number of fused-ring (bicyclic) bond motifs is 2. The first kappa shape index (κ1) is 22.8. The highest BCUT2D eigenvalue weighted by Crippen LogP contribution is 2.32. The summed E-state index contributed by atoms with van der Waals surface area (Å²) in [6, 6.07) is 6.10. The van der Waals surface area contributed by atoms with Gasteiger partial charge in [0.2, 0.25) is 0 Å². The molecule has 5 aromatic rings. The molecule has 0 fully saturated rings. The topological polar surface area (TPSA) is 149 Å². The van der Waals surface area contributed by atoms with E-state index in [0.717, 1.165) is 0 Å². The molecule has 0 unspecified atom stereocenters. The summed E-state index contributed by atoms with van der Waals surface area (Å²) in [7, 11) is 5.88. The minimum atomic E-state index is -0.631. The second-order valence-corrected chi connectivity index (χ2v) is 7.35. The van der Waals surface area contributed by atoms with Gasteiger partial charge in [0.15, 0.2) is 23.0 Å². The third kappa shape index (κ3) is 3.83. The van der Waals surface area contributed by atoms with Crippen LogP contribution in [-0.2, 0) is 0 Å². The van der Waals surface area contributed by atoms with Gasteiger partial charge in [-0.25, -0.2) is 29.5 Å². The largest absolute Gasteiger partial charge is 0.493 e. The number of nitrogens with zero attached hydrogens (tertiary/aromatic N) is 4. The van der Waals surface area contributed by atoms with Crippen molar-refractivity contribution in [2.75, 3.05) is 28.4 Å². The summed E-state index contributed by atoms with van der Waals surface area (Å²) in [5.74, 6) is 1.45. The quantitative estimate of drug-likeness (QED) is 0.344. The Morgan fingerprint density at radius 3 is 1.28 bits per heavy atom. The Morgan fingerprint density at radius 2 is 0.944 bits per heavy atom. The molecule has 12 heteroatoms. The van der Waals surface area contributed by atoms with E-state index < -0.39 is 11.3 Å². The average Bonchev–Trinajstić information content (AvgIpc) is 2.91. The van der Waals surface area contributed by atoms with Crippen molar-refractivity contribution in [1.29, 1.82) is 0 Å². The van der Waals surface area contributed by atoms with Gasteiger partial charge < -0.3 is 27.8 Å². The fourth-order valence-electron chi connectivity index (χ4n) is 3.57. The summed E-state index contributed by atoms with van der Waals surface area (Å²) >= 11 is 0. The van der Waals surface area contributed by atoms with E-state index >= 15 is 0 Å². The summed E-state index contributed by atoms with van der Waals surface area (Å²) in [5.41, 5.74) is -0.237. The smallest absolute Gasteiger partial charge is 0.347 e. The first-order valence-corrected chi connectivity index (χ1v) is 10.4. The minimum absolute atomic E-state index is 0.0523. The Bertz CT molecular complexity index is 1600. The number of benzene rings is 2. The molecule has 3 aromatic heterocycles. The number of methoxy groups -OCH3 is 4. The number of rotatable bonds is 6. The van der Waals surface area contributed by atoms with Gasteiger partial charge in [0.25, 0.3) is 11.8 Å². The van der Waals surface area contributed by atoms with Gasteiger partial charge in [-0.05, 0) is 0 Å². The summed E-state index contributed by atoms with van der Waals surface area (Å²) in [6.07, 6.45) is 2.65. The van der Waals surface area contributed by atoms with Crippen molar-refractivity contribution in [3.63, 3.8) is 0 Å². The maximum Gasteiger partial charge on any atom is 0.347 e. The molecule has 0 aliphatic rings. The van der Waals surface area contributed by atoms with E-state index in [0.29, 0.717) is 34.0 Å². The highest BCUT2D eigenvalue weighted by Gasteiger charge is 2.17. The number of aromatic nitrogens is 4. The molecular formula is C24H18N4O8. The number of ether oxygens (including phenoxy) is 4. The van der Waals surface area contributed by atoms with Crippen molar-refractivity contribution in [1.82, 2.24) is 19.9 Å². The lowest BCUT2D eigenvalue weighted by molar-refractivity contribution is 0.355. The molecule has 5 rings (SSSR count). The lowest BCUT2D eigenvalue weighted by Gasteiger charge is -2.09. The van der Waals surface area contributed by atoms with Crippen LogP contribution in [0.2, 0.25) is 0 Å². The molecule has 2 aromatic carbocycles. The Hall–Kier alpha value is -5.00. The fraction of sp³-hybridized carbons (Fsp3) is 0.167. The third-order valence-electron chi connectivity index (χ3n) is 5.36. The van der Waals surface area contributed by atoms with Crippen molar-refractivity contribution < 1.29 is 27.8 Å². The zero-order chi connectivity index (χ0) is 25.4. The van der Waals surface area contributed by atoms with Crippen molar-refractivity contribution in [3.05, 3.63) is 57.5 Å². The summed E-state index contributed by atoms with van der Waals surface area (Å²) in [5, 5.41) is 0.436. The third-order valence-corrected chi connectivity index (χ3v) is 5.36. The van der Waals surface area contributed by atoms with Crippen LogP contribution >= 0.6 is 0 Å². The second-order valence-electron chi connectivity index (χ2n) is 7.35. The van der Waals surface area contributed by atoms with E-state index in [-0.39, 0.29) is 33.9 Å². The zero-order valence-corrected chi connectivity index (χ0v) is 19.5. The zero-order valence-electron chi connectivity index (χ0n) is 19.5. The summed E-state index contributed by atoms with van der Waals surface area (Å²) in [4.78, 5) is 42.4. The van der Waals surface area contributed by atoms with E-state index in [9.17, 15) is 9.59 Å². The highest BCUT2D eigenvalue weighted by atomic mass is 16.5. The molecule has 0 saturated carbocycles. The molecule has 0 N–H and O–H groups in total. The van der Waals surface area contributed by atoms with Crippen LogP contribution in [-0.4, -0.2) is 48.4 Å². The molecule has 0 atom stereocenters. The SMILES string of the molecule is COc1cc2nc(-c3cnc(-c4nc5cc(OC)c(OC)cc5c(=O)o4)cn3)oc(=O)c2cc1OC. The van der Waals surface area contributed by atoms with Crippen molar-refractivity contribution in [3.8, 4) is 46.2 Å². The van der Waals surface area contributed by atoms with E-state index in [4.69, 9.17) is 27.8 Å². The second kappa shape index (κ2) is 8.98. The lowest BCUT2D eigenvalue weighted by Crippen LogP contribution is -2.06. The Balaban J connectivity index is 1.55. The molecule has 0 spiro atoms. The van der Waals surface area contributed by atoms with E-state index in [2.05, 4.69) is 19.9 Å². The summed E-state index contributed by atoms with van der Waals surface area (Å²) in [6.45, 7) is 0. The monoisotopic (exact) mass is 490 g/mol. The number of hydrogen-bond acceptors (Lipinski definition) is 12. The van der Waals surface area contributed by atoms with Crippen LogP contribution in [0.3, 0.4) is 0 Å². The lowest BCUT2D eigenvalue weighted by atomic mass is 10.2. The molecule has 0 bridgehead atoms. The minimum Gasteiger partial charge on any atom is -0.493 e. The first-order valence-electron chi connectivity index (χ1n) is 10.4. The van der Waals surface area contributed by atoms with Gasteiger partial charge in [-0.15, -0.1) is 0 Å². The highest BCUT2D eigenvalue weighted by molar-refractivity contribution is 5.83. The maximum atomic E-state index is 12.6. The Labute approximate surface area is 202 Å². The van der Waals surface area contributed by atoms with Crippen LogP contribution in [0.25, 0.3) is 45.0 Å². The predicted molar refractivity (Wildman–Crippen MR) is 127 cm³/mol.